The molecule has 2 N–H and O–H groups in total. The summed E-state index contributed by atoms with van der Waals surface area (Å²) in [7, 11) is 0. The summed E-state index contributed by atoms with van der Waals surface area (Å²) in [5, 5.41) is 2.61. The number of amides is 1. The van der Waals surface area contributed by atoms with Crippen LogP contribution >= 0.6 is 0 Å². The predicted octanol–water partition coefficient (Wildman–Crippen LogP) is 3.12. The molecule has 1 aromatic heterocycles. The zero-order valence-corrected chi connectivity index (χ0v) is 14.9. The number of carbonyl (C=O) groups is 1. The molecule has 6 heteroatoms. The van der Waals surface area contributed by atoms with Crippen LogP contribution in [0.25, 0.3) is 11.1 Å². The summed E-state index contributed by atoms with van der Waals surface area (Å²) in [6.45, 7) is 2.01. The first-order valence-electron chi connectivity index (χ1n) is 8.77. The lowest BCUT2D eigenvalue weighted by Gasteiger charge is -2.14. The molecule has 1 amide bonds. The van der Waals surface area contributed by atoms with Crippen molar-refractivity contribution in [1.29, 1.82) is 0 Å². The van der Waals surface area contributed by atoms with E-state index in [1.165, 1.54) is 17.3 Å². The molecule has 2 aromatic carbocycles. The normalized spacial score (nSPS) is 12.3. The third-order valence-corrected chi connectivity index (χ3v) is 4.77. The second-order valence-corrected chi connectivity index (χ2v) is 6.50. The Morgan fingerprint density at radius 1 is 1.11 bits per heavy atom. The van der Waals surface area contributed by atoms with E-state index in [0.29, 0.717) is 11.4 Å². The van der Waals surface area contributed by atoms with Gasteiger partial charge in [-0.15, -0.1) is 0 Å². The molecule has 0 fully saturated rings. The van der Waals surface area contributed by atoms with Gasteiger partial charge in [0, 0.05) is 12.1 Å². The number of alkyl carbamates (subject to hydrolysis) is 1. The molecule has 136 valence electrons. The maximum Gasteiger partial charge on any atom is 0.407 e. The van der Waals surface area contributed by atoms with Crippen LogP contribution in [0.5, 0.6) is 0 Å². The van der Waals surface area contributed by atoms with Crippen molar-refractivity contribution in [1.82, 2.24) is 15.3 Å². The van der Waals surface area contributed by atoms with E-state index in [1.807, 2.05) is 24.3 Å². The van der Waals surface area contributed by atoms with Gasteiger partial charge in [0.2, 0.25) is 0 Å². The molecule has 0 aliphatic heterocycles. The summed E-state index contributed by atoms with van der Waals surface area (Å²) in [6.07, 6.45) is 0.898. The highest BCUT2D eigenvalue weighted by atomic mass is 16.5. The van der Waals surface area contributed by atoms with Crippen molar-refractivity contribution in [2.75, 3.05) is 6.61 Å². The van der Waals surface area contributed by atoms with Crippen molar-refractivity contribution in [3.8, 4) is 11.1 Å². The van der Waals surface area contributed by atoms with Crippen LogP contribution in [-0.2, 0) is 11.3 Å². The number of benzene rings is 2. The van der Waals surface area contributed by atoms with E-state index in [4.69, 9.17) is 4.74 Å². The van der Waals surface area contributed by atoms with Crippen LogP contribution in [-0.4, -0.2) is 22.7 Å². The number of ether oxygens (including phenoxy) is 1. The minimum Gasteiger partial charge on any atom is -0.449 e. The van der Waals surface area contributed by atoms with Crippen LogP contribution in [0.1, 0.15) is 28.4 Å². The first-order chi connectivity index (χ1) is 13.1. The molecule has 1 heterocycles. The molecule has 0 bridgehead atoms. The van der Waals surface area contributed by atoms with Crippen LogP contribution in [0.4, 0.5) is 4.79 Å². The lowest BCUT2D eigenvalue weighted by molar-refractivity contribution is 0.142. The van der Waals surface area contributed by atoms with E-state index in [0.717, 1.165) is 11.1 Å². The Bertz CT molecular complexity index is 1010. The highest BCUT2D eigenvalue weighted by Crippen LogP contribution is 2.44. The zero-order chi connectivity index (χ0) is 18.8. The van der Waals surface area contributed by atoms with Gasteiger partial charge < -0.3 is 15.0 Å². The summed E-state index contributed by atoms with van der Waals surface area (Å²) in [5.41, 5.74) is 4.80. The van der Waals surface area contributed by atoms with Crippen LogP contribution in [0, 0.1) is 6.92 Å². The van der Waals surface area contributed by atoms with Gasteiger partial charge in [0.15, 0.2) is 0 Å². The van der Waals surface area contributed by atoms with E-state index in [9.17, 15) is 9.59 Å². The van der Waals surface area contributed by atoms with Crippen LogP contribution in [0.2, 0.25) is 0 Å². The van der Waals surface area contributed by atoms with Crippen LogP contribution in [0.3, 0.4) is 0 Å². The fraction of sp³-hybridized carbons (Fsp3) is 0.190. The van der Waals surface area contributed by atoms with Crippen molar-refractivity contribution in [3.05, 3.63) is 87.6 Å². The molecule has 3 aromatic rings. The largest absolute Gasteiger partial charge is 0.449 e. The molecule has 1 aliphatic carbocycles. The molecule has 0 radical (unpaired) electrons. The zero-order valence-electron chi connectivity index (χ0n) is 14.9. The monoisotopic (exact) mass is 361 g/mol. The van der Waals surface area contributed by atoms with Crippen molar-refractivity contribution in [2.45, 2.75) is 19.4 Å². The fourth-order valence-corrected chi connectivity index (χ4v) is 3.45. The first kappa shape index (κ1) is 17.0. The average molecular weight is 361 g/mol. The molecular weight excluding hydrogens is 342 g/mol. The quantitative estimate of drug-likeness (QED) is 0.748. The Kier molecular flexibility index (Phi) is 4.46. The van der Waals surface area contributed by atoms with Crippen LogP contribution in [0.15, 0.2) is 59.5 Å². The van der Waals surface area contributed by atoms with Crippen LogP contribution < -0.4 is 10.9 Å². The molecule has 0 atom stereocenters. The molecule has 0 saturated carbocycles. The SMILES string of the molecule is Cc1ncc(CNC(=O)OCC2c3ccccc3-c3ccccc32)c(=O)[nH]1. The maximum absolute atomic E-state index is 12.1. The Morgan fingerprint density at radius 2 is 1.74 bits per heavy atom. The summed E-state index contributed by atoms with van der Waals surface area (Å²) in [5.74, 6) is 0.539. The topological polar surface area (TPSA) is 84.1 Å². The second kappa shape index (κ2) is 7.07. The second-order valence-electron chi connectivity index (χ2n) is 6.50. The van der Waals surface area contributed by atoms with Gasteiger partial charge in [-0.05, 0) is 29.2 Å². The van der Waals surface area contributed by atoms with Gasteiger partial charge in [-0.25, -0.2) is 9.78 Å². The van der Waals surface area contributed by atoms with Gasteiger partial charge in [0.1, 0.15) is 12.4 Å². The Labute approximate surface area is 156 Å². The van der Waals surface area contributed by atoms with Crippen molar-refractivity contribution in [2.24, 2.45) is 0 Å². The number of aromatic nitrogens is 2. The lowest BCUT2D eigenvalue weighted by Crippen LogP contribution is -2.29. The highest BCUT2D eigenvalue weighted by Gasteiger charge is 2.28. The van der Waals surface area contributed by atoms with Gasteiger partial charge >= 0.3 is 6.09 Å². The molecule has 27 heavy (non-hydrogen) atoms. The highest BCUT2D eigenvalue weighted by molar-refractivity contribution is 5.79. The van der Waals surface area contributed by atoms with E-state index >= 15 is 0 Å². The van der Waals surface area contributed by atoms with Crippen molar-refractivity contribution in [3.63, 3.8) is 0 Å². The fourth-order valence-electron chi connectivity index (χ4n) is 3.45. The number of hydrogen-bond donors (Lipinski definition) is 2. The lowest BCUT2D eigenvalue weighted by atomic mass is 9.98. The number of nitrogens with one attached hydrogen (secondary N) is 2. The summed E-state index contributed by atoms with van der Waals surface area (Å²) in [4.78, 5) is 30.5. The minimum atomic E-state index is -0.558. The number of aryl methyl sites for hydroxylation is 1. The molecular formula is C21H19N3O3. The number of hydrogen-bond acceptors (Lipinski definition) is 4. The molecule has 0 saturated heterocycles. The molecule has 6 nitrogen and oxygen atoms in total. The van der Waals surface area contributed by atoms with Gasteiger partial charge in [0.25, 0.3) is 5.56 Å². The molecule has 4 rings (SSSR count). The van der Waals surface area contributed by atoms with Gasteiger partial charge in [-0.2, -0.15) is 0 Å². The van der Waals surface area contributed by atoms with E-state index in [1.54, 1.807) is 6.92 Å². The Morgan fingerprint density at radius 3 is 2.37 bits per heavy atom. The standard InChI is InChI=1S/C21H19N3O3/c1-13-22-10-14(20(25)24-13)11-23-21(26)27-12-19-17-8-4-2-6-15(17)16-7-3-5-9-18(16)19/h2-10,19H,11-12H2,1H3,(H,23,26)(H,22,24,25). The predicted molar refractivity (Wildman–Crippen MR) is 102 cm³/mol. The molecule has 1 aliphatic rings. The third kappa shape index (κ3) is 3.33. The van der Waals surface area contributed by atoms with E-state index in [2.05, 4.69) is 39.6 Å². The number of rotatable bonds is 4. The summed E-state index contributed by atoms with van der Waals surface area (Å²) >= 11 is 0. The van der Waals surface area contributed by atoms with Crippen molar-refractivity contribution < 1.29 is 9.53 Å². The Hall–Kier alpha value is -3.41. The van der Waals surface area contributed by atoms with Gasteiger partial charge in [-0.1, -0.05) is 48.5 Å². The van der Waals surface area contributed by atoms with Crippen molar-refractivity contribution >= 4 is 6.09 Å². The average Bonchev–Trinajstić information content (AvgIpc) is 3.00. The maximum atomic E-state index is 12.1. The van der Waals surface area contributed by atoms with Gasteiger partial charge in [-0.3, -0.25) is 4.79 Å². The summed E-state index contributed by atoms with van der Waals surface area (Å²) in [6, 6.07) is 16.3. The van der Waals surface area contributed by atoms with E-state index < -0.39 is 6.09 Å². The van der Waals surface area contributed by atoms with E-state index in [-0.39, 0.29) is 24.6 Å². The number of nitrogens with zero attached hydrogens (tertiary/aromatic N) is 1. The van der Waals surface area contributed by atoms with Gasteiger partial charge in [0.05, 0.1) is 12.1 Å². The smallest absolute Gasteiger partial charge is 0.407 e. The molecule has 0 unspecified atom stereocenters. The summed E-state index contributed by atoms with van der Waals surface area (Å²) < 4.78 is 5.44. The molecule has 0 spiro atoms. The number of carbonyl (C=O) groups excluding carboxylic acids is 1. The first-order valence-corrected chi connectivity index (χ1v) is 8.77. The number of H-pyrrole nitrogens is 1. The number of fused-ring (bicyclic) bond motifs is 3. The Balaban J connectivity index is 1.43. The number of aromatic amines is 1. The third-order valence-electron chi connectivity index (χ3n) is 4.77. The minimum absolute atomic E-state index is 0.00703.